The monoisotopic (exact) mass is 223 g/mol. The average Bonchev–Trinajstić information content (AvgIpc) is 2.67. The zero-order chi connectivity index (χ0) is 10.7. The van der Waals surface area contributed by atoms with Crippen molar-refractivity contribution in [2.75, 3.05) is 11.9 Å². The number of thiazole rings is 1. The van der Waals surface area contributed by atoms with Gasteiger partial charge in [0, 0.05) is 23.7 Å². The lowest BCUT2D eigenvalue weighted by atomic mass is 10.2. The molecular formula is C10H10FN3S. The first kappa shape index (κ1) is 10.0. The molecule has 0 aliphatic heterocycles. The van der Waals surface area contributed by atoms with Crippen molar-refractivity contribution in [2.24, 2.45) is 0 Å². The highest BCUT2D eigenvalue weighted by Crippen LogP contribution is 2.24. The Morgan fingerprint density at radius 3 is 3.07 bits per heavy atom. The van der Waals surface area contributed by atoms with Gasteiger partial charge in [-0.1, -0.05) is 0 Å². The Hall–Kier alpha value is -1.49. The van der Waals surface area contributed by atoms with Crippen molar-refractivity contribution < 1.29 is 4.39 Å². The van der Waals surface area contributed by atoms with Gasteiger partial charge in [0.05, 0.1) is 11.9 Å². The zero-order valence-corrected chi connectivity index (χ0v) is 9.01. The second-order valence-corrected chi connectivity index (χ2v) is 3.82. The molecule has 5 heteroatoms. The number of anilines is 1. The van der Waals surface area contributed by atoms with Crippen LogP contribution in [0.25, 0.3) is 11.3 Å². The number of hydrogen-bond acceptors (Lipinski definition) is 4. The maximum Gasteiger partial charge on any atom is 0.183 e. The van der Waals surface area contributed by atoms with Gasteiger partial charge in [-0.05, 0) is 13.0 Å². The summed E-state index contributed by atoms with van der Waals surface area (Å²) in [7, 11) is 0. The molecule has 2 aromatic heterocycles. The normalized spacial score (nSPS) is 10.3. The van der Waals surface area contributed by atoms with E-state index < -0.39 is 0 Å². The predicted molar refractivity (Wildman–Crippen MR) is 59.5 cm³/mol. The fraction of sp³-hybridized carbons (Fsp3) is 0.200. The maximum atomic E-state index is 12.9. The van der Waals surface area contributed by atoms with Crippen LogP contribution >= 0.6 is 11.3 Å². The van der Waals surface area contributed by atoms with Crippen LogP contribution in [0.4, 0.5) is 9.52 Å². The largest absolute Gasteiger partial charge is 0.362 e. The summed E-state index contributed by atoms with van der Waals surface area (Å²) in [6, 6.07) is 1.43. The minimum Gasteiger partial charge on any atom is -0.362 e. The quantitative estimate of drug-likeness (QED) is 0.869. The molecule has 0 aliphatic rings. The predicted octanol–water partition coefficient (Wildman–Crippen LogP) is 2.78. The van der Waals surface area contributed by atoms with Crippen LogP contribution in [0, 0.1) is 5.82 Å². The van der Waals surface area contributed by atoms with Crippen LogP contribution < -0.4 is 5.32 Å². The highest BCUT2D eigenvalue weighted by molar-refractivity contribution is 7.14. The van der Waals surface area contributed by atoms with Crippen molar-refractivity contribution >= 4 is 16.5 Å². The third-order valence-corrected chi connectivity index (χ3v) is 2.63. The van der Waals surface area contributed by atoms with Crippen LogP contribution in [0.1, 0.15) is 6.92 Å². The van der Waals surface area contributed by atoms with Crippen LogP contribution in [0.3, 0.4) is 0 Å². The molecule has 0 aromatic carbocycles. The van der Waals surface area contributed by atoms with E-state index in [2.05, 4.69) is 15.3 Å². The van der Waals surface area contributed by atoms with Crippen LogP contribution in [-0.4, -0.2) is 16.5 Å². The molecular weight excluding hydrogens is 213 g/mol. The molecule has 1 N–H and O–H groups in total. The second kappa shape index (κ2) is 4.35. The van der Waals surface area contributed by atoms with E-state index in [4.69, 9.17) is 0 Å². The van der Waals surface area contributed by atoms with E-state index in [-0.39, 0.29) is 5.82 Å². The molecule has 2 aromatic rings. The Morgan fingerprint density at radius 1 is 1.47 bits per heavy atom. The second-order valence-electron chi connectivity index (χ2n) is 2.96. The molecule has 0 radical (unpaired) electrons. The van der Waals surface area contributed by atoms with Crippen molar-refractivity contribution in [2.45, 2.75) is 6.92 Å². The Balaban J connectivity index is 2.29. The minimum absolute atomic E-state index is 0.342. The van der Waals surface area contributed by atoms with Crippen LogP contribution in [-0.2, 0) is 0 Å². The smallest absolute Gasteiger partial charge is 0.183 e. The number of pyridine rings is 1. The number of aromatic nitrogens is 2. The van der Waals surface area contributed by atoms with Gasteiger partial charge in [0.25, 0.3) is 0 Å². The lowest BCUT2D eigenvalue weighted by molar-refractivity contribution is 0.622. The Bertz CT molecular complexity index is 455. The van der Waals surface area contributed by atoms with E-state index in [1.54, 1.807) is 6.20 Å². The third kappa shape index (κ3) is 2.30. The van der Waals surface area contributed by atoms with Crippen molar-refractivity contribution in [3.63, 3.8) is 0 Å². The number of halogens is 1. The van der Waals surface area contributed by atoms with Crippen LogP contribution in [0.2, 0.25) is 0 Å². The molecule has 0 unspecified atom stereocenters. The summed E-state index contributed by atoms with van der Waals surface area (Å²) in [5.74, 6) is -0.342. The van der Waals surface area contributed by atoms with Gasteiger partial charge in [-0.2, -0.15) is 0 Å². The first-order valence-electron chi connectivity index (χ1n) is 4.60. The highest BCUT2D eigenvalue weighted by Gasteiger charge is 2.04. The molecule has 0 spiro atoms. The standard InChI is InChI=1S/C10H10FN3S/c1-2-13-10-14-9(6-15-10)7-3-8(11)5-12-4-7/h3-6H,2H2,1H3,(H,13,14). The molecule has 0 saturated heterocycles. The van der Waals surface area contributed by atoms with Gasteiger partial charge in [-0.25, -0.2) is 9.37 Å². The molecule has 0 bridgehead atoms. The minimum atomic E-state index is -0.342. The SMILES string of the molecule is CCNc1nc(-c2cncc(F)c2)cs1. The summed E-state index contributed by atoms with van der Waals surface area (Å²) in [5, 5.41) is 5.83. The van der Waals surface area contributed by atoms with E-state index in [0.717, 1.165) is 17.4 Å². The molecule has 0 atom stereocenters. The molecule has 2 rings (SSSR count). The van der Waals surface area contributed by atoms with Crippen LogP contribution in [0.15, 0.2) is 23.8 Å². The number of nitrogens with zero attached hydrogens (tertiary/aromatic N) is 2. The number of nitrogens with one attached hydrogen (secondary N) is 1. The molecule has 0 saturated carbocycles. The van der Waals surface area contributed by atoms with Crippen molar-refractivity contribution in [3.8, 4) is 11.3 Å². The van der Waals surface area contributed by atoms with E-state index in [0.29, 0.717) is 5.56 Å². The van der Waals surface area contributed by atoms with E-state index in [1.807, 2.05) is 12.3 Å². The van der Waals surface area contributed by atoms with Crippen molar-refractivity contribution in [3.05, 3.63) is 29.7 Å². The van der Waals surface area contributed by atoms with E-state index >= 15 is 0 Å². The Morgan fingerprint density at radius 2 is 2.33 bits per heavy atom. The van der Waals surface area contributed by atoms with Gasteiger partial charge < -0.3 is 5.32 Å². The Kier molecular flexibility index (Phi) is 2.91. The molecule has 3 nitrogen and oxygen atoms in total. The topological polar surface area (TPSA) is 37.8 Å². The van der Waals surface area contributed by atoms with E-state index in [9.17, 15) is 4.39 Å². The summed E-state index contributed by atoms with van der Waals surface area (Å²) in [5.41, 5.74) is 1.46. The molecule has 0 amide bonds. The van der Waals surface area contributed by atoms with Gasteiger partial charge >= 0.3 is 0 Å². The fourth-order valence-electron chi connectivity index (χ4n) is 1.19. The van der Waals surface area contributed by atoms with Crippen molar-refractivity contribution in [1.82, 2.24) is 9.97 Å². The molecule has 0 aliphatic carbocycles. The Labute approximate surface area is 91.0 Å². The lowest BCUT2D eigenvalue weighted by Crippen LogP contribution is -1.95. The number of rotatable bonds is 3. The van der Waals surface area contributed by atoms with Gasteiger partial charge in [-0.15, -0.1) is 11.3 Å². The lowest BCUT2D eigenvalue weighted by Gasteiger charge is -1.96. The zero-order valence-electron chi connectivity index (χ0n) is 8.20. The summed E-state index contributed by atoms with van der Waals surface area (Å²) < 4.78 is 12.9. The van der Waals surface area contributed by atoms with Crippen LogP contribution in [0.5, 0.6) is 0 Å². The molecule has 0 fully saturated rings. The van der Waals surface area contributed by atoms with Gasteiger partial charge in [0.1, 0.15) is 5.82 Å². The average molecular weight is 223 g/mol. The summed E-state index contributed by atoms with van der Waals surface area (Å²) in [6.45, 7) is 2.83. The molecule has 78 valence electrons. The third-order valence-electron chi connectivity index (χ3n) is 1.83. The molecule has 2 heterocycles. The maximum absolute atomic E-state index is 12.9. The first-order chi connectivity index (χ1) is 7.29. The fourth-order valence-corrected chi connectivity index (χ4v) is 1.98. The van der Waals surface area contributed by atoms with Crippen molar-refractivity contribution in [1.29, 1.82) is 0 Å². The summed E-state index contributed by atoms with van der Waals surface area (Å²) in [4.78, 5) is 8.10. The van der Waals surface area contributed by atoms with Gasteiger partial charge in [0.2, 0.25) is 0 Å². The summed E-state index contributed by atoms with van der Waals surface area (Å²) >= 11 is 1.50. The highest BCUT2D eigenvalue weighted by atomic mass is 32.1. The molecule has 15 heavy (non-hydrogen) atoms. The number of hydrogen-bond donors (Lipinski definition) is 1. The first-order valence-corrected chi connectivity index (χ1v) is 5.48. The van der Waals surface area contributed by atoms with E-state index in [1.165, 1.54) is 23.6 Å². The van der Waals surface area contributed by atoms with Gasteiger partial charge in [-0.3, -0.25) is 4.98 Å². The van der Waals surface area contributed by atoms with Gasteiger partial charge in [0.15, 0.2) is 5.13 Å². The summed E-state index contributed by atoms with van der Waals surface area (Å²) in [6.07, 6.45) is 2.79.